The van der Waals surface area contributed by atoms with Gasteiger partial charge in [0.1, 0.15) is 5.75 Å². The highest BCUT2D eigenvalue weighted by atomic mass is 79.9. The van der Waals surface area contributed by atoms with Crippen molar-refractivity contribution >= 4 is 15.9 Å². The molecule has 1 N–H and O–H groups in total. The van der Waals surface area contributed by atoms with E-state index in [1.807, 2.05) is 7.05 Å². The third-order valence-corrected chi connectivity index (χ3v) is 4.28. The molecule has 0 radical (unpaired) electrons. The average Bonchev–Trinajstić information content (AvgIpc) is 2.38. The Balaban J connectivity index is 2.91. The standard InChI is InChI=1S/C16H26BrNO/c1-6-9-19-15-8-7-13(10-14(15)17)16(18-5)12(4)11(2)3/h7-8,10-12,16,18H,6,9H2,1-5H3. The van der Waals surface area contributed by atoms with Gasteiger partial charge in [-0.2, -0.15) is 0 Å². The van der Waals surface area contributed by atoms with Gasteiger partial charge in [0.25, 0.3) is 0 Å². The van der Waals surface area contributed by atoms with Crippen LogP contribution in [0.2, 0.25) is 0 Å². The SMILES string of the molecule is CCCOc1ccc(C(NC)C(C)C(C)C)cc1Br. The molecule has 0 saturated heterocycles. The molecule has 0 spiro atoms. The Kier molecular flexibility index (Phi) is 6.87. The van der Waals surface area contributed by atoms with Gasteiger partial charge in [-0.1, -0.05) is 33.8 Å². The predicted octanol–water partition coefficient (Wildman–Crippen LogP) is 4.79. The number of halogens is 1. The fourth-order valence-corrected chi connectivity index (χ4v) is 2.67. The van der Waals surface area contributed by atoms with Crippen LogP contribution in [0.5, 0.6) is 5.75 Å². The highest BCUT2D eigenvalue weighted by Crippen LogP contribution is 2.33. The quantitative estimate of drug-likeness (QED) is 0.777. The topological polar surface area (TPSA) is 21.3 Å². The Labute approximate surface area is 126 Å². The van der Waals surface area contributed by atoms with Crippen LogP contribution in [0.25, 0.3) is 0 Å². The summed E-state index contributed by atoms with van der Waals surface area (Å²) in [5.74, 6) is 2.16. The van der Waals surface area contributed by atoms with E-state index in [-0.39, 0.29) is 0 Å². The summed E-state index contributed by atoms with van der Waals surface area (Å²) in [5, 5.41) is 3.43. The van der Waals surface area contributed by atoms with Gasteiger partial charge in [-0.25, -0.2) is 0 Å². The summed E-state index contributed by atoms with van der Waals surface area (Å²) in [6.07, 6.45) is 1.03. The lowest BCUT2D eigenvalue weighted by Crippen LogP contribution is -2.26. The number of nitrogens with one attached hydrogen (secondary N) is 1. The summed E-state index contributed by atoms with van der Waals surface area (Å²) in [7, 11) is 2.03. The average molecular weight is 328 g/mol. The van der Waals surface area contributed by atoms with Gasteiger partial charge in [0.05, 0.1) is 11.1 Å². The lowest BCUT2D eigenvalue weighted by Gasteiger charge is -2.27. The minimum atomic E-state index is 0.372. The molecule has 2 unspecified atom stereocenters. The van der Waals surface area contributed by atoms with Crippen molar-refractivity contribution in [2.45, 2.75) is 40.2 Å². The summed E-state index contributed by atoms with van der Waals surface area (Å²) in [6.45, 7) is 9.70. The molecule has 3 heteroatoms. The van der Waals surface area contributed by atoms with Crippen molar-refractivity contribution in [3.05, 3.63) is 28.2 Å². The minimum Gasteiger partial charge on any atom is -0.492 e. The highest BCUT2D eigenvalue weighted by molar-refractivity contribution is 9.10. The van der Waals surface area contributed by atoms with Gasteiger partial charge in [-0.05, 0) is 58.9 Å². The van der Waals surface area contributed by atoms with E-state index in [9.17, 15) is 0 Å². The van der Waals surface area contributed by atoms with Crippen molar-refractivity contribution in [1.82, 2.24) is 5.32 Å². The van der Waals surface area contributed by atoms with Gasteiger partial charge < -0.3 is 10.1 Å². The monoisotopic (exact) mass is 327 g/mol. The van der Waals surface area contributed by atoms with Crippen molar-refractivity contribution in [3.63, 3.8) is 0 Å². The Bertz CT molecular complexity index is 392. The lowest BCUT2D eigenvalue weighted by atomic mass is 9.86. The number of hydrogen-bond acceptors (Lipinski definition) is 2. The molecule has 0 aliphatic carbocycles. The van der Waals surface area contributed by atoms with Crippen molar-refractivity contribution in [3.8, 4) is 5.75 Å². The Morgan fingerprint density at radius 3 is 2.42 bits per heavy atom. The van der Waals surface area contributed by atoms with Gasteiger partial charge in [0.2, 0.25) is 0 Å². The smallest absolute Gasteiger partial charge is 0.133 e. The second-order valence-electron chi connectivity index (χ2n) is 5.41. The van der Waals surface area contributed by atoms with Crippen molar-refractivity contribution in [2.24, 2.45) is 11.8 Å². The maximum Gasteiger partial charge on any atom is 0.133 e. The number of rotatable bonds is 7. The van der Waals surface area contributed by atoms with Gasteiger partial charge >= 0.3 is 0 Å². The second kappa shape index (κ2) is 7.91. The first-order chi connectivity index (χ1) is 9.01. The molecule has 19 heavy (non-hydrogen) atoms. The molecule has 0 amide bonds. The zero-order valence-corrected chi connectivity index (χ0v) is 14.3. The van der Waals surface area contributed by atoms with Crippen molar-refractivity contribution < 1.29 is 4.74 Å². The van der Waals surface area contributed by atoms with Crippen LogP contribution in [0.1, 0.15) is 45.7 Å². The fourth-order valence-electron chi connectivity index (χ4n) is 2.16. The highest BCUT2D eigenvalue weighted by Gasteiger charge is 2.21. The normalized spacial score (nSPS) is 14.5. The molecule has 0 fully saturated rings. The third kappa shape index (κ3) is 4.50. The Morgan fingerprint density at radius 2 is 1.95 bits per heavy atom. The maximum atomic E-state index is 5.69. The number of hydrogen-bond donors (Lipinski definition) is 1. The first-order valence-electron chi connectivity index (χ1n) is 7.10. The summed E-state index contributed by atoms with van der Waals surface area (Å²) in [5.41, 5.74) is 1.31. The molecule has 0 aliphatic rings. The molecule has 0 heterocycles. The summed E-state index contributed by atoms with van der Waals surface area (Å²) >= 11 is 3.61. The van der Waals surface area contributed by atoms with Crippen LogP contribution in [-0.2, 0) is 0 Å². The zero-order valence-electron chi connectivity index (χ0n) is 12.7. The maximum absolute atomic E-state index is 5.69. The van der Waals surface area contributed by atoms with Gasteiger partial charge in [-0.15, -0.1) is 0 Å². The van der Waals surface area contributed by atoms with Crippen molar-refractivity contribution in [1.29, 1.82) is 0 Å². The molecular weight excluding hydrogens is 302 g/mol. The van der Waals surface area contributed by atoms with E-state index in [1.54, 1.807) is 0 Å². The van der Waals surface area contributed by atoms with E-state index in [0.717, 1.165) is 23.2 Å². The summed E-state index contributed by atoms with van der Waals surface area (Å²) < 4.78 is 6.73. The molecule has 2 nitrogen and oxygen atoms in total. The van der Waals surface area contributed by atoms with Gasteiger partial charge in [0, 0.05) is 6.04 Å². The van der Waals surface area contributed by atoms with E-state index in [4.69, 9.17) is 4.74 Å². The van der Waals surface area contributed by atoms with E-state index < -0.39 is 0 Å². The fraction of sp³-hybridized carbons (Fsp3) is 0.625. The van der Waals surface area contributed by atoms with Crippen LogP contribution in [0.4, 0.5) is 0 Å². The first kappa shape index (κ1) is 16.5. The third-order valence-electron chi connectivity index (χ3n) is 3.67. The zero-order chi connectivity index (χ0) is 14.4. The van der Waals surface area contributed by atoms with Crippen LogP contribution >= 0.6 is 15.9 Å². The van der Waals surface area contributed by atoms with Gasteiger partial charge in [-0.3, -0.25) is 0 Å². The van der Waals surface area contributed by atoms with Crippen LogP contribution in [-0.4, -0.2) is 13.7 Å². The van der Waals surface area contributed by atoms with E-state index >= 15 is 0 Å². The molecular formula is C16H26BrNO. The number of benzene rings is 1. The van der Waals surface area contributed by atoms with Crippen LogP contribution in [0.3, 0.4) is 0 Å². The molecule has 0 aromatic heterocycles. The number of ether oxygens (including phenoxy) is 1. The molecule has 1 aromatic carbocycles. The van der Waals surface area contributed by atoms with E-state index in [0.29, 0.717) is 17.9 Å². The molecule has 0 saturated carbocycles. The predicted molar refractivity (Wildman–Crippen MR) is 85.7 cm³/mol. The Hall–Kier alpha value is -0.540. The summed E-state index contributed by atoms with van der Waals surface area (Å²) in [4.78, 5) is 0. The van der Waals surface area contributed by atoms with Gasteiger partial charge in [0.15, 0.2) is 0 Å². The molecule has 2 atom stereocenters. The lowest BCUT2D eigenvalue weighted by molar-refractivity contribution is 0.310. The minimum absolute atomic E-state index is 0.372. The van der Waals surface area contributed by atoms with Crippen LogP contribution < -0.4 is 10.1 Å². The second-order valence-corrected chi connectivity index (χ2v) is 6.26. The molecule has 1 rings (SSSR count). The van der Waals surface area contributed by atoms with Crippen LogP contribution in [0.15, 0.2) is 22.7 Å². The molecule has 0 aliphatic heterocycles. The summed E-state index contributed by atoms with van der Waals surface area (Å²) in [6, 6.07) is 6.77. The first-order valence-corrected chi connectivity index (χ1v) is 7.90. The largest absolute Gasteiger partial charge is 0.492 e. The van der Waals surface area contributed by atoms with Crippen LogP contribution in [0, 0.1) is 11.8 Å². The molecule has 1 aromatic rings. The van der Waals surface area contributed by atoms with E-state index in [1.165, 1.54) is 5.56 Å². The van der Waals surface area contributed by atoms with Crippen molar-refractivity contribution in [2.75, 3.05) is 13.7 Å². The molecule has 108 valence electrons. The Morgan fingerprint density at radius 1 is 1.26 bits per heavy atom. The van der Waals surface area contributed by atoms with E-state index in [2.05, 4.69) is 67.1 Å². The molecule has 0 bridgehead atoms.